The maximum atomic E-state index is 6.21. The molecule has 0 fully saturated rings. The molecule has 11 rings (SSSR count). The van der Waals surface area contributed by atoms with E-state index < -0.39 is 0 Å². The first-order valence-electron chi connectivity index (χ1n) is 17.4. The molecule has 0 saturated carbocycles. The Morgan fingerprint density at radius 3 is 1.69 bits per heavy atom. The lowest BCUT2D eigenvalue weighted by Gasteiger charge is -2.12. The van der Waals surface area contributed by atoms with Gasteiger partial charge in [0.15, 0.2) is 0 Å². The molecular formula is C48H30N2O. The van der Waals surface area contributed by atoms with Crippen molar-refractivity contribution < 1.29 is 4.42 Å². The third kappa shape index (κ3) is 4.12. The number of furan rings is 1. The molecule has 3 nitrogen and oxygen atoms in total. The first-order valence-corrected chi connectivity index (χ1v) is 17.4. The smallest absolute Gasteiger partial charge is 0.136 e. The molecule has 3 aromatic heterocycles. The molecule has 0 aliphatic heterocycles. The number of aromatic nitrogens is 2. The van der Waals surface area contributed by atoms with E-state index in [1.807, 2.05) is 12.1 Å². The molecule has 238 valence electrons. The van der Waals surface area contributed by atoms with Gasteiger partial charge in [-0.3, -0.25) is 0 Å². The number of nitrogens with zero attached hydrogens (tertiary/aromatic N) is 2. The largest absolute Gasteiger partial charge is 0.456 e. The molecule has 0 spiro atoms. The molecule has 3 heteroatoms. The quantitative estimate of drug-likeness (QED) is 0.186. The van der Waals surface area contributed by atoms with E-state index in [-0.39, 0.29) is 0 Å². The lowest BCUT2D eigenvalue weighted by Crippen LogP contribution is -1.94. The van der Waals surface area contributed by atoms with E-state index in [0.717, 1.165) is 33.3 Å². The van der Waals surface area contributed by atoms with Gasteiger partial charge in [0, 0.05) is 43.7 Å². The minimum absolute atomic E-state index is 0.912. The fraction of sp³-hybridized carbons (Fsp3) is 0. The van der Waals surface area contributed by atoms with Crippen LogP contribution in [0.3, 0.4) is 0 Å². The minimum atomic E-state index is 0.912. The Labute approximate surface area is 293 Å². The highest BCUT2D eigenvalue weighted by Gasteiger charge is 2.19. The third-order valence-electron chi connectivity index (χ3n) is 10.5. The van der Waals surface area contributed by atoms with Crippen molar-refractivity contribution in [2.75, 3.05) is 0 Å². The zero-order valence-electron chi connectivity index (χ0n) is 27.6. The maximum Gasteiger partial charge on any atom is 0.136 e. The molecule has 0 atom stereocenters. The Bertz CT molecular complexity index is 3120. The average Bonchev–Trinajstić information content (AvgIpc) is 3.86. The number of fused-ring (bicyclic) bond motifs is 9. The van der Waals surface area contributed by atoms with Crippen LogP contribution >= 0.6 is 0 Å². The molecule has 51 heavy (non-hydrogen) atoms. The Balaban J connectivity index is 1.11. The molecule has 0 N–H and O–H groups in total. The summed E-state index contributed by atoms with van der Waals surface area (Å²) in [6, 6.07) is 65.5. The van der Waals surface area contributed by atoms with E-state index in [2.05, 4.69) is 179 Å². The van der Waals surface area contributed by atoms with Gasteiger partial charge in [-0.05, 0) is 82.9 Å². The zero-order valence-corrected chi connectivity index (χ0v) is 27.6. The van der Waals surface area contributed by atoms with Crippen molar-refractivity contribution in [3.05, 3.63) is 182 Å². The van der Waals surface area contributed by atoms with Crippen molar-refractivity contribution in [1.82, 2.24) is 9.13 Å². The first kappa shape index (κ1) is 28.0. The van der Waals surface area contributed by atoms with Gasteiger partial charge in [-0.1, -0.05) is 121 Å². The number of para-hydroxylation sites is 4. The van der Waals surface area contributed by atoms with Crippen LogP contribution in [0.25, 0.3) is 99.2 Å². The fourth-order valence-corrected chi connectivity index (χ4v) is 8.34. The normalized spacial score (nSPS) is 11.9. The molecule has 0 aliphatic rings. The second-order valence-corrected chi connectivity index (χ2v) is 13.3. The van der Waals surface area contributed by atoms with Crippen LogP contribution < -0.4 is 0 Å². The molecule has 0 bridgehead atoms. The van der Waals surface area contributed by atoms with Crippen LogP contribution in [0.2, 0.25) is 0 Å². The molecule has 0 saturated heterocycles. The molecule has 0 unspecified atom stereocenters. The summed E-state index contributed by atoms with van der Waals surface area (Å²) in [6.45, 7) is 0. The van der Waals surface area contributed by atoms with Gasteiger partial charge in [0.2, 0.25) is 0 Å². The Hall–Kier alpha value is -6.84. The van der Waals surface area contributed by atoms with Crippen LogP contribution in [0.5, 0.6) is 0 Å². The van der Waals surface area contributed by atoms with Crippen molar-refractivity contribution >= 4 is 65.6 Å². The molecule has 3 heterocycles. The van der Waals surface area contributed by atoms with E-state index in [1.165, 1.54) is 65.9 Å². The van der Waals surface area contributed by atoms with Crippen molar-refractivity contribution in [3.63, 3.8) is 0 Å². The van der Waals surface area contributed by atoms with Gasteiger partial charge >= 0.3 is 0 Å². The SMILES string of the molecule is c1ccc(-n2c3ccccc3c3c(-c4ccc5c6ccccc6n(-c6ccc(-c7cccc8oc9ccccc9c78)cc6)c5c4)cccc32)cc1. The zero-order chi connectivity index (χ0) is 33.5. The maximum absolute atomic E-state index is 6.21. The van der Waals surface area contributed by atoms with Crippen molar-refractivity contribution in [3.8, 4) is 33.6 Å². The highest BCUT2D eigenvalue weighted by molar-refractivity contribution is 6.17. The summed E-state index contributed by atoms with van der Waals surface area (Å²) in [5.74, 6) is 0. The van der Waals surface area contributed by atoms with Gasteiger partial charge in [0.25, 0.3) is 0 Å². The third-order valence-corrected chi connectivity index (χ3v) is 10.5. The summed E-state index contributed by atoms with van der Waals surface area (Å²) in [4.78, 5) is 0. The van der Waals surface area contributed by atoms with E-state index in [0.29, 0.717) is 0 Å². The van der Waals surface area contributed by atoms with Crippen LogP contribution in [0, 0.1) is 0 Å². The van der Waals surface area contributed by atoms with Crippen LogP contribution in [0.1, 0.15) is 0 Å². The second kappa shape index (κ2) is 10.8. The van der Waals surface area contributed by atoms with Crippen molar-refractivity contribution in [1.29, 1.82) is 0 Å². The topological polar surface area (TPSA) is 23.0 Å². The average molecular weight is 651 g/mol. The molecular weight excluding hydrogens is 621 g/mol. The van der Waals surface area contributed by atoms with Crippen LogP contribution in [0.15, 0.2) is 186 Å². The van der Waals surface area contributed by atoms with Crippen molar-refractivity contribution in [2.24, 2.45) is 0 Å². The highest BCUT2D eigenvalue weighted by atomic mass is 16.3. The number of hydrogen-bond donors (Lipinski definition) is 0. The molecule has 0 aliphatic carbocycles. The van der Waals surface area contributed by atoms with Crippen LogP contribution in [-0.2, 0) is 0 Å². The van der Waals surface area contributed by atoms with Crippen LogP contribution in [-0.4, -0.2) is 9.13 Å². The fourth-order valence-electron chi connectivity index (χ4n) is 8.34. The summed E-state index contributed by atoms with van der Waals surface area (Å²) in [6.07, 6.45) is 0. The molecule has 11 aromatic rings. The standard InChI is InChI=1S/C48H30N2O/c1-2-12-33(13-3-1)49-42-20-8-5-15-39(42)47-36(17-10-21-43(47)49)32-26-29-38-37-14-4-7-19-41(37)50(44(38)30-32)34-27-24-31(25-28-34)35-18-11-23-46-48(35)40-16-6-9-22-45(40)51-46/h1-30H. The predicted molar refractivity (Wildman–Crippen MR) is 213 cm³/mol. The molecule has 0 radical (unpaired) electrons. The minimum Gasteiger partial charge on any atom is -0.456 e. The summed E-state index contributed by atoms with van der Waals surface area (Å²) in [5.41, 5.74) is 13.7. The lowest BCUT2D eigenvalue weighted by atomic mass is 9.98. The highest BCUT2D eigenvalue weighted by Crippen LogP contribution is 2.42. The van der Waals surface area contributed by atoms with Gasteiger partial charge in [-0.15, -0.1) is 0 Å². The Kier molecular flexibility index (Phi) is 5.96. The summed E-state index contributed by atoms with van der Waals surface area (Å²) < 4.78 is 11.0. The van der Waals surface area contributed by atoms with E-state index >= 15 is 0 Å². The number of rotatable bonds is 4. The Morgan fingerprint density at radius 1 is 0.314 bits per heavy atom. The van der Waals surface area contributed by atoms with Gasteiger partial charge in [0.1, 0.15) is 11.2 Å². The van der Waals surface area contributed by atoms with Gasteiger partial charge in [0.05, 0.1) is 22.1 Å². The molecule has 0 amide bonds. The molecule has 8 aromatic carbocycles. The number of benzene rings is 8. The van der Waals surface area contributed by atoms with E-state index in [1.54, 1.807) is 0 Å². The summed E-state index contributed by atoms with van der Waals surface area (Å²) in [5, 5.41) is 7.31. The van der Waals surface area contributed by atoms with Crippen LogP contribution in [0.4, 0.5) is 0 Å². The second-order valence-electron chi connectivity index (χ2n) is 13.3. The number of hydrogen-bond acceptors (Lipinski definition) is 1. The van der Waals surface area contributed by atoms with Gasteiger partial charge in [-0.2, -0.15) is 0 Å². The lowest BCUT2D eigenvalue weighted by molar-refractivity contribution is 0.669. The van der Waals surface area contributed by atoms with Gasteiger partial charge in [-0.25, -0.2) is 0 Å². The first-order chi connectivity index (χ1) is 25.3. The van der Waals surface area contributed by atoms with Gasteiger partial charge < -0.3 is 13.6 Å². The Morgan fingerprint density at radius 2 is 0.863 bits per heavy atom. The van der Waals surface area contributed by atoms with E-state index in [9.17, 15) is 0 Å². The van der Waals surface area contributed by atoms with E-state index in [4.69, 9.17) is 4.42 Å². The monoisotopic (exact) mass is 650 g/mol. The van der Waals surface area contributed by atoms with Crippen molar-refractivity contribution in [2.45, 2.75) is 0 Å². The summed E-state index contributed by atoms with van der Waals surface area (Å²) in [7, 11) is 0. The summed E-state index contributed by atoms with van der Waals surface area (Å²) >= 11 is 0. The predicted octanol–water partition coefficient (Wildman–Crippen LogP) is 13.1.